The van der Waals surface area contributed by atoms with Crippen LogP contribution < -0.4 is 4.90 Å². The lowest BCUT2D eigenvalue weighted by Crippen LogP contribution is -2.37. The Kier molecular flexibility index (Phi) is 3.24. The molecule has 0 unspecified atom stereocenters. The minimum Gasteiger partial charge on any atom is -0.307 e. The van der Waals surface area contributed by atoms with Gasteiger partial charge in [-0.15, -0.1) is 0 Å². The molecule has 0 spiro atoms. The van der Waals surface area contributed by atoms with Crippen molar-refractivity contribution in [1.29, 1.82) is 0 Å². The Bertz CT molecular complexity index is 686. The van der Waals surface area contributed by atoms with Gasteiger partial charge in [0, 0.05) is 35.9 Å². The Morgan fingerprint density at radius 1 is 1.30 bits per heavy atom. The molecule has 1 aromatic heterocycles. The van der Waals surface area contributed by atoms with E-state index in [0.29, 0.717) is 34.8 Å². The second kappa shape index (κ2) is 5.06. The molecule has 100 valence electrons. The van der Waals surface area contributed by atoms with Gasteiger partial charge in [0.1, 0.15) is 0 Å². The highest BCUT2D eigenvalue weighted by Crippen LogP contribution is 2.30. The van der Waals surface area contributed by atoms with Crippen LogP contribution in [0.25, 0.3) is 0 Å². The molecule has 0 radical (unpaired) electrons. The summed E-state index contributed by atoms with van der Waals surface area (Å²) in [7, 11) is 0. The first-order valence-corrected chi connectivity index (χ1v) is 6.59. The highest BCUT2D eigenvalue weighted by molar-refractivity contribution is 6.31. The molecule has 0 saturated carbocycles. The Morgan fingerprint density at radius 3 is 2.90 bits per heavy atom. The Morgan fingerprint density at radius 2 is 2.15 bits per heavy atom. The van der Waals surface area contributed by atoms with E-state index in [-0.39, 0.29) is 11.7 Å². The number of hydrogen-bond acceptors (Lipinski definition) is 3. The molecule has 2 heterocycles. The van der Waals surface area contributed by atoms with Crippen LogP contribution in [0.15, 0.2) is 42.7 Å². The van der Waals surface area contributed by atoms with Crippen molar-refractivity contribution < 1.29 is 9.59 Å². The second-order valence-electron chi connectivity index (χ2n) is 4.53. The lowest BCUT2D eigenvalue weighted by atomic mass is 9.99. The molecular weight excluding hydrogens is 276 g/mol. The van der Waals surface area contributed by atoms with E-state index < -0.39 is 0 Å². The molecule has 0 fully saturated rings. The van der Waals surface area contributed by atoms with Gasteiger partial charge >= 0.3 is 0 Å². The maximum atomic E-state index is 12.5. The zero-order chi connectivity index (χ0) is 14.1. The summed E-state index contributed by atoms with van der Waals surface area (Å²) in [5.74, 6) is -0.138. The van der Waals surface area contributed by atoms with E-state index in [0.717, 1.165) is 0 Å². The number of ketones is 1. The Hall–Kier alpha value is -2.20. The van der Waals surface area contributed by atoms with Crippen LogP contribution in [0.3, 0.4) is 0 Å². The van der Waals surface area contributed by atoms with Crippen LogP contribution in [-0.4, -0.2) is 23.2 Å². The molecule has 1 amide bonds. The molecule has 1 aliphatic rings. The fourth-order valence-electron chi connectivity index (χ4n) is 2.29. The average molecular weight is 287 g/mol. The number of benzene rings is 1. The number of halogens is 1. The molecule has 4 nitrogen and oxygen atoms in total. The van der Waals surface area contributed by atoms with Crippen molar-refractivity contribution in [3.05, 3.63) is 58.9 Å². The maximum absolute atomic E-state index is 12.5. The van der Waals surface area contributed by atoms with E-state index in [2.05, 4.69) is 4.98 Å². The fourth-order valence-corrected chi connectivity index (χ4v) is 2.45. The number of hydrogen-bond donors (Lipinski definition) is 0. The van der Waals surface area contributed by atoms with E-state index in [4.69, 9.17) is 11.6 Å². The largest absolute Gasteiger partial charge is 0.307 e. The number of anilines is 1. The molecule has 0 aliphatic carbocycles. The van der Waals surface area contributed by atoms with Gasteiger partial charge in [0.2, 0.25) is 0 Å². The van der Waals surface area contributed by atoms with E-state index in [9.17, 15) is 9.59 Å². The van der Waals surface area contributed by atoms with Crippen LogP contribution in [0.5, 0.6) is 0 Å². The average Bonchev–Trinajstić information content (AvgIpc) is 2.48. The molecule has 1 aromatic carbocycles. The van der Waals surface area contributed by atoms with Crippen LogP contribution in [0, 0.1) is 0 Å². The summed E-state index contributed by atoms with van der Waals surface area (Å²) >= 11 is 5.98. The fraction of sp³-hybridized carbons (Fsp3) is 0.133. The van der Waals surface area contributed by atoms with Gasteiger partial charge in [-0.25, -0.2) is 0 Å². The van der Waals surface area contributed by atoms with Gasteiger partial charge in [-0.1, -0.05) is 11.6 Å². The van der Waals surface area contributed by atoms with E-state index in [1.165, 1.54) is 6.20 Å². The zero-order valence-corrected chi connectivity index (χ0v) is 11.3. The standard InChI is InChI=1S/C15H11ClN2O2/c16-11-3-4-12-13(8-11)18(7-5-14(12)19)15(20)10-2-1-6-17-9-10/h1-4,6,8-9H,5,7H2. The number of pyridine rings is 1. The number of aromatic nitrogens is 1. The maximum Gasteiger partial charge on any atom is 0.259 e. The van der Waals surface area contributed by atoms with Gasteiger partial charge in [-0.05, 0) is 30.3 Å². The first-order valence-electron chi connectivity index (χ1n) is 6.21. The molecule has 2 aromatic rings. The normalized spacial score (nSPS) is 14.1. The smallest absolute Gasteiger partial charge is 0.259 e. The van der Waals surface area contributed by atoms with Crippen molar-refractivity contribution in [2.75, 3.05) is 11.4 Å². The summed E-state index contributed by atoms with van der Waals surface area (Å²) < 4.78 is 0. The van der Waals surface area contributed by atoms with Gasteiger partial charge in [0.25, 0.3) is 5.91 Å². The monoisotopic (exact) mass is 286 g/mol. The molecule has 0 N–H and O–H groups in total. The van der Waals surface area contributed by atoms with Crippen LogP contribution in [0.4, 0.5) is 5.69 Å². The molecule has 5 heteroatoms. The van der Waals surface area contributed by atoms with Gasteiger partial charge in [0.05, 0.1) is 11.3 Å². The van der Waals surface area contributed by atoms with Gasteiger partial charge in [-0.2, -0.15) is 0 Å². The second-order valence-corrected chi connectivity index (χ2v) is 4.97. The molecule has 20 heavy (non-hydrogen) atoms. The van der Waals surface area contributed by atoms with E-state index in [1.807, 2.05) is 0 Å². The Balaban J connectivity index is 2.05. The highest BCUT2D eigenvalue weighted by Gasteiger charge is 2.28. The van der Waals surface area contributed by atoms with Crippen molar-refractivity contribution in [2.24, 2.45) is 0 Å². The van der Waals surface area contributed by atoms with Crippen LogP contribution in [0.2, 0.25) is 5.02 Å². The van der Waals surface area contributed by atoms with Crippen molar-refractivity contribution in [3.8, 4) is 0 Å². The number of carbonyl (C=O) groups is 2. The summed E-state index contributed by atoms with van der Waals surface area (Å²) in [6.45, 7) is 0.361. The van der Waals surface area contributed by atoms with Crippen molar-refractivity contribution in [2.45, 2.75) is 6.42 Å². The summed E-state index contributed by atoms with van der Waals surface area (Å²) in [5, 5.41) is 0.502. The number of amides is 1. The number of carbonyl (C=O) groups excluding carboxylic acids is 2. The van der Waals surface area contributed by atoms with Crippen molar-refractivity contribution in [3.63, 3.8) is 0 Å². The summed E-state index contributed by atoms with van der Waals surface area (Å²) in [6, 6.07) is 8.40. The first kappa shape index (κ1) is 12.8. The van der Waals surface area contributed by atoms with Crippen LogP contribution in [-0.2, 0) is 0 Å². The van der Waals surface area contributed by atoms with Crippen molar-refractivity contribution in [1.82, 2.24) is 4.98 Å². The van der Waals surface area contributed by atoms with Gasteiger partial charge < -0.3 is 4.90 Å². The highest BCUT2D eigenvalue weighted by atomic mass is 35.5. The lowest BCUT2D eigenvalue weighted by Gasteiger charge is -2.28. The van der Waals surface area contributed by atoms with E-state index in [1.54, 1.807) is 41.4 Å². The number of fused-ring (bicyclic) bond motifs is 1. The van der Waals surface area contributed by atoms with E-state index >= 15 is 0 Å². The molecule has 0 atom stereocenters. The number of nitrogens with zero attached hydrogens (tertiary/aromatic N) is 2. The third-order valence-electron chi connectivity index (χ3n) is 3.27. The quantitative estimate of drug-likeness (QED) is 0.810. The third-order valence-corrected chi connectivity index (χ3v) is 3.50. The number of rotatable bonds is 1. The molecule has 3 rings (SSSR count). The lowest BCUT2D eigenvalue weighted by molar-refractivity contribution is 0.0955. The summed E-state index contributed by atoms with van der Waals surface area (Å²) in [5.41, 5.74) is 1.60. The van der Waals surface area contributed by atoms with Gasteiger partial charge in [-0.3, -0.25) is 14.6 Å². The summed E-state index contributed by atoms with van der Waals surface area (Å²) in [6.07, 6.45) is 3.45. The number of Topliss-reactive ketones (excluding diaryl/α,β-unsaturated/α-hetero) is 1. The SMILES string of the molecule is O=C1CCN(C(=O)c2cccnc2)c2cc(Cl)ccc21. The van der Waals surface area contributed by atoms with Crippen LogP contribution in [0.1, 0.15) is 27.1 Å². The minimum absolute atomic E-state index is 0.0342. The third kappa shape index (κ3) is 2.18. The molecular formula is C15H11ClN2O2. The molecule has 0 bridgehead atoms. The molecule has 0 saturated heterocycles. The minimum atomic E-state index is -0.172. The van der Waals surface area contributed by atoms with Crippen molar-refractivity contribution >= 4 is 29.0 Å². The van der Waals surface area contributed by atoms with Crippen LogP contribution >= 0.6 is 11.6 Å². The Labute approximate surface area is 121 Å². The molecule has 1 aliphatic heterocycles. The first-order chi connectivity index (χ1) is 9.66. The zero-order valence-electron chi connectivity index (χ0n) is 10.5. The van der Waals surface area contributed by atoms with Gasteiger partial charge in [0.15, 0.2) is 5.78 Å². The topological polar surface area (TPSA) is 50.3 Å². The predicted octanol–water partition coefficient (Wildman–Crippen LogP) is 2.97. The predicted molar refractivity (Wildman–Crippen MR) is 76.3 cm³/mol. The summed E-state index contributed by atoms with van der Waals surface area (Å²) in [4.78, 5) is 30.0.